The molecule has 0 aliphatic carbocycles. The minimum absolute atomic E-state index is 0.680. The molecule has 2 atom stereocenters. The van der Waals surface area contributed by atoms with E-state index in [1.54, 1.807) is 0 Å². The van der Waals surface area contributed by atoms with Crippen LogP contribution in [0, 0.1) is 0 Å². The van der Waals surface area contributed by atoms with E-state index in [0.29, 0.717) is 6.04 Å². The normalized spacial score (nSPS) is 26.0. The summed E-state index contributed by atoms with van der Waals surface area (Å²) in [6, 6.07) is 5.03. The van der Waals surface area contributed by atoms with Crippen LogP contribution in [0.1, 0.15) is 69.9 Å². The van der Waals surface area contributed by atoms with Gasteiger partial charge in [-0.3, -0.25) is 4.98 Å². The summed E-state index contributed by atoms with van der Waals surface area (Å²) in [7, 11) is 2.46. The van der Waals surface area contributed by atoms with Crippen LogP contribution in [0.5, 0.6) is 0 Å². The minimum Gasteiger partial charge on any atom is -0.320 e. The van der Waals surface area contributed by atoms with Crippen LogP contribution in [-0.4, -0.2) is 29.6 Å². The Kier molecular flexibility index (Phi) is 6.03. The molecule has 0 N–H and O–H groups in total. The highest BCUT2D eigenvalue weighted by Gasteiger charge is 2.38. The molecule has 0 radical (unpaired) electrons. The van der Waals surface area contributed by atoms with Crippen LogP contribution in [0.15, 0.2) is 24.5 Å². The van der Waals surface area contributed by atoms with E-state index in [0.717, 1.165) is 0 Å². The summed E-state index contributed by atoms with van der Waals surface area (Å²) in [6.45, 7) is 4.97. The van der Waals surface area contributed by atoms with Crippen LogP contribution < -0.4 is 0 Å². The Bertz CT molecular complexity index is 376. The molecule has 1 fully saturated rings. The molecule has 2 nitrogen and oxygen atoms in total. The number of pyridine rings is 1. The fourth-order valence-corrected chi connectivity index (χ4v) is 3.73. The molecule has 2 rings (SSSR count). The van der Waals surface area contributed by atoms with Crippen molar-refractivity contribution in [3.05, 3.63) is 30.1 Å². The largest absolute Gasteiger partial charge is 0.320 e. The molecule has 0 aromatic carbocycles. The van der Waals surface area contributed by atoms with Crippen molar-refractivity contribution in [2.75, 3.05) is 20.1 Å². The summed E-state index contributed by atoms with van der Waals surface area (Å²) in [5.41, 5.74) is 1.44. The number of likely N-dealkylation sites (tertiary alicyclic amines) is 1. The first-order chi connectivity index (χ1) is 9.76. The summed E-state index contributed by atoms with van der Waals surface area (Å²) >= 11 is 0. The van der Waals surface area contributed by atoms with E-state index >= 15 is 0 Å². The van der Waals surface area contributed by atoms with Gasteiger partial charge in [-0.1, -0.05) is 38.7 Å². The Balaban J connectivity index is 1.82. The molecule has 2 unspecified atom stereocenters. The van der Waals surface area contributed by atoms with E-state index < -0.39 is 0 Å². The van der Waals surface area contributed by atoms with E-state index in [9.17, 15) is 0 Å². The first kappa shape index (κ1) is 15.5. The van der Waals surface area contributed by atoms with Gasteiger partial charge in [-0.15, -0.1) is 0 Å². The number of aromatic nitrogens is 1. The quantitative estimate of drug-likeness (QED) is 0.494. The van der Waals surface area contributed by atoms with Crippen molar-refractivity contribution < 1.29 is 4.48 Å². The molecule has 1 aromatic heterocycles. The number of unbranched alkanes of at least 4 members (excludes halogenated alkanes) is 5. The van der Waals surface area contributed by atoms with E-state index in [1.807, 2.05) is 6.20 Å². The van der Waals surface area contributed by atoms with Gasteiger partial charge >= 0.3 is 0 Å². The van der Waals surface area contributed by atoms with Gasteiger partial charge in [-0.05, 0) is 18.9 Å². The fourth-order valence-electron chi connectivity index (χ4n) is 3.73. The molecular formula is C18H31N2+. The third-order valence-electron chi connectivity index (χ3n) is 4.99. The van der Waals surface area contributed by atoms with Crippen LogP contribution in [-0.2, 0) is 0 Å². The first-order valence-corrected chi connectivity index (χ1v) is 8.50. The summed E-state index contributed by atoms with van der Waals surface area (Å²) in [5.74, 6) is 0. The zero-order chi connectivity index (χ0) is 14.3. The Hall–Kier alpha value is -0.890. The number of hydrogen-bond acceptors (Lipinski definition) is 1. The highest BCUT2D eigenvalue weighted by Crippen LogP contribution is 2.37. The molecule has 0 bridgehead atoms. The maximum Gasteiger partial charge on any atom is 0.116 e. The summed E-state index contributed by atoms with van der Waals surface area (Å²) in [6.07, 6.45) is 15.1. The predicted molar refractivity (Wildman–Crippen MR) is 85.5 cm³/mol. The van der Waals surface area contributed by atoms with Gasteiger partial charge in [0.15, 0.2) is 0 Å². The standard InChI is InChI=1S/C18H31N2/c1-3-4-5-6-7-8-14-20(2)15-10-12-18(20)17-11-9-13-19-16-17/h9,11,13,16,18H,3-8,10,12,14-15H2,1-2H3/q+1. The molecule has 112 valence electrons. The van der Waals surface area contributed by atoms with Crippen molar-refractivity contribution in [2.24, 2.45) is 0 Å². The SMILES string of the molecule is CCCCCCCC[N+]1(C)CCCC1c1cccnc1. The lowest BCUT2D eigenvalue weighted by molar-refractivity contribution is -0.927. The second kappa shape index (κ2) is 7.78. The third kappa shape index (κ3) is 4.05. The van der Waals surface area contributed by atoms with Gasteiger partial charge in [0.25, 0.3) is 0 Å². The molecule has 1 aromatic rings. The Morgan fingerprint density at radius 1 is 1.20 bits per heavy atom. The fraction of sp³-hybridized carbons (Fsp3) is 0.722. The Labute approximate surface area is 124 Å². The molecular weight excluding hydrogens is 244 g/mol. The lowest BCUT2D eigenvalue weighted by Gasteiger charge is -2.36. The highest BCUT2D eigenvalue weighted by molar-refractivity contribution is 5.12. The molecule has 0 spiro atoms. The van der Waals surface area contributed by atoms with Crippen molar-refractivity contribution in [1.29, 1.82) is 0 Å². The Morgan fingerprint density at radius 3 is 2.75 bits per heavy atom. The maximum atomic E-state index is 4.32. The average Bonchev–Trinajstić information content (AvgIpc) is 2.86. The summed E-state index contributed by atoms with van der Waals surface area (Å²) < 4.78 is 1.24. The van der Waals surface area contributed by atoms with Gasteiger partial charge in [0.1, 0.15) is 6.04 Å². The van der Waals surface area contributed by atoms with Crippen molar-refractivity contribution in [2.45, 2.75) is 64.3 Å². The van der Waals surface area contributed by atoms with Crippen molar-refractivity contribution in [3.8, 4) is 0 Å². The van der Waals surface area contributed by atoms with Crippen molar-refractivity contribution >= 4 is 0 Å². The zero-order valence-corrected chi connectivity index (χ0v) is 13.4. The second-order valence-corrected chi connectivity index (χ2v) is 6.64. The van der Waals surface area contributed by atoms with Crippen LogP contribution in [0.2, 0.25) is 0 Å². The van der Waals surface area contributed by atoms with Crippen LogP contribution in [0.4, 0.5) is 0 Å². The number of rotatable bonds is 8. The molecule has 2 heteroatoms. The van der Waals surface area contributed by atoms with Crippen LogP contribution in [0.25, 0.3) is 0 Å². The van der Waals surface area contributed by atoms with Crippen molar-refractivity contribution in [3.63, 3.8) is 0 Å². The van der Waals surface area contributed by atoms with Gasteiger partial charge in [0, 0.05) is 30.8 Å². The van der Waals surface area contributed by atoms with Crippen molar-refractivity contribution in [1.82, 2.24) is 4.98 Å². The van der Waals surface area contributed by atoms with Crippen LogP contribution in [0.3, 0.4) is 0 Å². The molecule has 1 aliphatic rings. The van der Waals surface area contributed by atoms with Gasteiger partial charge in [-0.25, -0.2) is 0 Å². The molecule has 1 saturated heterocycles. The molecule has 20 heavy (non-hydrogen) atoms. The lowest BCUT2D eigenvalue weighted by atomic mass is 10.0. The molecule has 0 saturated carbocycles. The minimum atomic E-state index is 0.680. The predicted octanol–water partition coefficient (Wildman–Crippen LogP) is 4.72. The molecule has 2 heterocycles. The monoisotopic (exact) mass is 275 g/mol. The Morgan fingerprint density at radius 2 is 2.00 bits per heavy atom. The number of nitrogens with zero attached hydrogens (tertiary/aromatic N) is 2. The second-order valence-electron chi connectivity index (χ2n) is 6.64. The summed E-state index contributed by atoms with van der Waals surface area (Å²) in [5, 5.41) is 0. The molecule has 0 amide bonds. The number of quaternary nitrogens is 1. The van der Waals surface area contributed by atoms with E-state index in [1.165, 1.54) is 74.5 Å². The average molecular weight is 275 g/mol. The topological polar surface area (TPSA) is 12.9 Å². The van der Waals surface area contributed by atoms with Gasteiger partial charge < -0.3 is 4.48 Å². The summed E-state index contributed by atoms with van der Waals surface area (Å²) in [4.78, 5) is 4.32. The third-order valence-corrected chi connectivity index (χ3v) is 4.99. The lowest BCUT2D eigenvalue weighted by Crippen LogP contribution is -2.43. The highest BCUT2D eigenvalue weighted by atomic mass is 15.4. The molecule has 1 aliphatic heterocycles. The van der Waals surface area contributed by atoms with Gasteiger partial charge in [0.05, 0.1) is 20.1 Å². The zero-order valence-electron chi connectivity index (χ0n) is 13.4. The van der Waals surface area contributed by atoms with E-state index in [-0.39, 0.29) is 0 Å². The number of hydrogen-bond donors (Lipinski definition) is 0. The van der Waals surface area contributed by atoms with E-state index in [4.69, 9.17) is 0 Å². The van der Waals surface area contributed by atoms with E-state index in [2.05, 4.69) is 37.3 Å². The van der Waals surface area contributed by atoms with Crippen LogP contribution >= 0.6 is 0 Å². The maximum absolute atomic E-state index is 4.32. The van der Waals surface area contributed by atoms with Gasteiger partial charge in [0.2, 0.25) is 0 Å². The van der Waals surface area contributed by atoms with Gasteiger partial charge in [-0.2, -0.15) is 0 Å². The smallest absolute Gasteiger partial charge is 0.116 e. The first-order valence-electron chi connectivity index (χ1n) is 8.50.